The maximum Gasteiger partial charge on any atom is 0.387 e. The lowest BCUT2D eigenvalue weighted by Gasteiger charge is -2.16. The van der Waals surface area contributed by atoms with Gasteiger partial charge in [-0.05, 0) is 30.2 Å². The van der Waals surface area contributed by atoms with E-state index in [1.54, 1.807) is 19.1 Å². The fraction of sp³-hybridized carbons (Fsp3) is 0.250. The van der Waals surface area contributed by atoms with E-state index in [2.05, 4.69) is 4.74 Å². The predicted octanol–water partition coefficient (Wildman–Crippen LogP) is 3.77. The van der Waals surface area contributed by atoms with Gasteiger partial charge in [0.25, 0.3) is 0 Å². The summed E-state index contributed by atoms with van der Waals surface area (Å²) in [6, 6.07) is 13.5. The summed E-state index contributed by atoms with van der Waals surface area (Å²) in [5.41, 5.74) is 1.26. The fourth-order valence-electron chi connectivity index (χ4n) is 1.98. The van der Waals surface area contributed by atoms with Crippen LogP contribution in [0.1, 0.15) is 24.2 Å². The number of rotatable bonds is 6. The van der Waals surface area contributed by atoms with Crippen LogP contribution in [-0.4, -0.2) is 18.3 Å². The molecule has 5 heteroatoms. The number of hydrogen-bond donors (Lipinski definition) is 1. The largest absolute Gasteiger partial charge is 0.490 e. The highest BCUT2D eigenvalue weighted by molar-refractivity contribution is 5.45. The molecule has 1 unspecified atom stereocenters. The molecule has 3 nitrogen and oxygen atoms in total. The summed E-state index contributed by atoms with van der Waals surface area (Å²) in [5.74, 6) is 0.140. The number of benzene rings is 2. The number of aliphatic hydroxyl groups excluding tert-OH is 1. The molecule has 1 atom stereocenters. The van der Waals surface area contributed by atoms with E-state index in [0.717, 1.165) is 0 Å². The van der Waals surface area contributed by atoms with Gasteiger partial charge in [-0.1, -0.05) is 36.4 Å². The van der Waals surface area contributed by atoms with Gasteiger partial charge in [0.2, 0.25) is 0 Å². The fourth-order valence-corrected chi connectivity index (χ4v) is 1.98. The van der Waals surface area contributed by atoms with Crippen molar-refractivity contribution in [2.24, 2.45) is 0 Å². The SMILES string of the molecule is CCOc1cc(C(O)c2ccccc2)ccc1OC(F)F. The Kier molecular flexibility index (Phi) is 5.11. The molecule has 1 N–H and O–H groups in total. The molecular weight excluding hydrogens is 278 g/mol. The Balaban J connectivity index is 2.30. The summed E-state index contributed by atoms with van der Waals surface area (Å²) in [5, 5.41) is 10.3. The third-order valence-corrected chi connectivity index (χ3v) is 2.91. The molecule has 0 amide bonds. The number of alkyl halides is 2. The molecule has 0 spiro atoms. The first-order valence-electron chi connectivity index (χ1n) is 6.56. The van der Waals surface area contributed by atoms with Crippen molar-refractivity contribution in [3.05, 3.63) is 59.7 Å². The van der Waals surface area contributed by atoms with Gasteiger partial charge in [0.1, 0.15) is 6.10 Å². The minimum atomic E-state index is -2.92. The average molecular weight is 294 g/mol. The lowest BCUT2D eigenvalue weighted by Crippen LogP contribution is -2.06. The van der Waals surface area contributed by atoms with Crippen molar-refractivity contribution >= 4 is 0 Å². The zero-order chi connectivity index (χ0) is 15.2. The van der Waals surface area contributed by atoms with E-state index in [4.69, 9.17) is 4.74 Å². The highest BCUT2D eigenvalue weighted by atomic mass is 19.3. The van der Waals surface area contributed by atoms with Crippen molar-refractivity contribution in [1.29, 1.82) is 0 Å². The van der Waals surface area contributed by atoms with E-state index < -0.39 is 12.7 Å². The molecule has 2 rings (SSSR count). The molecule has 21 heavy (non-hydrogen) atoms. The first-order chi connectivity index (χ1) is 10.1. The predicted molar refractivity (Wildman–Crippen MR) is 74.7 cm³/mol. The first-order valence-corrected chi connectivity index (χ1v) is 6.56. The Morgan fingerprint density at radius 2 is 1.71 bits per heavy atom. The van der Waals surface area contributed by atoms with Gasteiger partial charge >= 0.3 is 6.61 Å². The minimum Gasteiger partial charge on any atom is -0.490 e. The van der Waals surface area contributed by atoms with E-state index in [1.807, 2.05) is 18.2 Å². The van der Waals surface area contributed by atoms with E-state index in [9.17, 15) is 13.9 Å². The third kappa shape index (κ3) is 3.92. The van der Waals surface area contributed by atoms with Crippen LogP contribution in [0.5, 0.6) is 11.5 Å². The zero-order valence-corrected chi connectivity index (χ0v) is 11.5. The molecular formula is C16H16F2O3. The molecule has 2 aromatic carbocycles. The molecule has 0 fully saturated rings. The summed E-state index contributed by atoms with van der Waals surface area (Å²) in [4.78, 5) is 0. The van der Waals surface area contributed by atoms with Gasteiger partial charge in [0.15, 0.2) is 11.5 Å². The van der Waals surface area contributed by atoms with Gasteiger partial charge in [-0.15, -0.1) is 0 Å². The lowest BCUT2D eigenvalue weighted by atomic mass is 10.0. The summed E-state index contributed by atoms with van der Waals surface area (Å²) in [6.45, 7) is -0.870. The van der Waals surface area contributed by atoms with Gasteiger partial charge in [-0.2, -0.15) is 8.78 Å². The molecule has 0 aromatic heterocycles. The smallest absolute Gasteiger partial charge is 0.387 e. The molecule has 2 aromatic rings. The van der Waals surface area contributed by atoms with Crippen LogP contribution in [0.3, 0.4) is 0 Å². The summed E-state index contributed by atoms with van der Waals surface area (Å²) >= 11 is 0. The second kappa shape index (κ2) is 7.04. The summed E-state index contributed by atoms with van der Waals surface area (Å²) < 4.78 is 34.4. The van der Waals surface area contributed by atoms with Crippen molar-refractivity contribution < 1.29 is 23.4 Å². The van der Waals surface area contributed by atoms with Crippen LogP contribution in [0.4, 0.5) is 8.78 Å². The molecule has 112 valence electrons. The van der Waals surface area contributed by atoms with Crippen LogP contribution in [-0.2, 0) is 0 Å². The van der Waals surface area contributed by atoms with Crippen LogP contribution in [0.15, 0.2) is 48.5 Å². The monoisotopic (exact) mass is 294 g/mol. The van der Waals surface area contributed by atoms with Crippen LogP contribution in [0.2, 0.25) is 0 Å². The van der Waals surface area contributed by atoms with E-state index in [-0.39, 0.29) is 11.5 Å². The number of hydrogen-bond acceptors (Lipinski definition) is 3. The molecule has 0 aliphatic heterocycles. The average Bonchev–Trinajstić information content (AvgIpc) is 2.49. The maximum absolute atomic E-state index is 12.3. The van der Waals surface area contributed by atoms with E-state index in [1.165, 1.54) is 18.2 Å². The summed E-state index contributed by atoms with van der Waals surface area (Å²) in [6.07, 6.45) is -0.856. The van der Waals surface area contributed by atoms with Crippen molar-refractivity contribution in [3.8, 4) is 11.5 Å². The second-order valence-electron chi connectivity index (χ2n) is 4.33. The molecule has 0 bridgehead atoms. The molecule has 0 saturated carbocycles. The molecule has 0 radical (unpaired) electrons. The van der Waals surface area contributed by atoms with Crippen LogP contribution in [0.25, 0.3) is 0 Å². The van der Waals surface area contributed by atoms with E-state index >= 15 is 0 Å². The Labute approximate surface area is 121 Å². The van der Waals surface area contributed by atoms with Crippen LogP contribution >= 0.6 is 0 Å². The van der Waals surface area contributed by atoms with Crippen LogP contribution in [0, 0.1) is 0 Å². The number of ether oxygens (including phenoxy) is 2. The topological polar surface area (TPSA) is 38.7 Å². The van der Waals surface area contributed by atoms with Gasteiger partial charge < -0.3 is 14.6 Å². The highest BCUT2D eigenvalue weighted by Gasteiger charge is 2.16. The quantitative estimate of drug-likeness (QED) is 0.881. The number of halogens is 2. The second-order valence-corrected chi connectivity index (χ2v) is 4.33. The van der Waals surface area contributed by atoms with E-state index in [0.29, 0.717) is 17.7 Å². The van der Waals surface area contributed by atoms with Crippen molar-refractivity contribution in [3.63, 3.8) is 0 Å². The van der Waals surface area contributed by atoms with Gasteiger partial charge in [-0.3, -0.25) is 0 Å². The van der Waals surface area contributed by atoms with Crippen LogP contribution < -0.4 is 9.47 Å². The molecule has 0 aliphatic rings. The Bertz CT molecular complexity index is 573. The Morgan fingerprint density at radius 3 is 2.33 bits per heavy atom. The van der Waals surface area contributed by atoms with Crippen molar-refractivity contribution in [1.82, 2.24) is 0 Å². The normalized spacial score (nSPS) is 12.2. The summed E-state index contributed by atoms with van der Waals surface area (Å²) in [7, 11) is 0. The Hall–Kier alpha value is -2.14. The minimum absolute atomic E-state index is 0.0455. The maximum atomic E-state index is 12.3. The van der Waals surface area contributed by atoms with Crippen molar-refractivity contribution in [2.75, 3.05) is 6.61 Å². The lowest BCUT2D eigenvalue weighted by molar-refractivity contribution is -0.0514. The molecule has 0 heterocycles. The highest BCUT2D eigenvalue weighted by Crippen LogP contribution is 2.33. The van der Waals surface area contributed by atoms with Gasteiger partial charge in [-0.25, -0.2) is 0 Å². The Morgan fingerprint density at radius 1 is 1.00 bits per heavy atom. The van der Waals surface area contributed by atoms with Gasteiger partial charge in [0, 0.05) is 0 Å². The molecule has 0 saturated heterocycles. The zero-order valence-electron chi connectivity index (χ0n) is 11.5. The third-order valence-electron chi connectivity index (χ3n) is 2.91. The molecule has 0 aliphatic carbocycles. The van der Waals surface area contributed by atoms with Crippen molar-refractivity contribution in [2.45, 2.75) is 19.6 Å². The first kappa shape index (κ1) is 15.3. The standard InChI is InChI=1S/C16H16F2O3/c1-2-20-14-10-12(8-9-13(14)21-16(17)18)15(19)11-6-4-3-5-7-11/h3-10,15-16,19H,2H2,1H3. The number of aliphatic hydroxyl groups is 1. The van der Waals surface area contributed by atoms with Gasteiger partial charge in [0.05, 0.1) is 6.61 Å².